The predicted octanol–water partition coefficient (Wildman–Crippen LogP) is 3.39. The monoisotopic (exact) mass is 278 g/mol. The van der Waals surface area contributed by atoms with Gasteiger partial charge in [0, 0.05) is 24.7 Å². The summed E-state index contributed by atoms with van der Waals surface area (Å²) in [4.78, 5) is 2.09. The molecule has 1 heterocycles. The minimum Gasteiger partial charge on any atom is -0.507 e. The molecule has 110 valence electrons. The third-order valence-corrected chi connectivity index (χ3v) is 3.61. The van der Waals surface area contributed by atoms with Crippen LogP contribution < -0.4 is 0 Å². The molecule has 0 aliphatic rings. The molecule has 4 heteroatoms. The molecule has 0 atom stereocenters. The van der Waals surface area contributed by atoms with Gasteiger partial charge in [0.15, 0.2) is 0 Å². The zero-order valence-electron chi connectivity index (χ0n) is 12.5. The Hall–Kier alpha value is -1.55. The molecule has 1 N–H and O–H groups in total. The number of benzene rings is 1. The number of aromatic hydroxyl groups is 1. The van der Waals surface area contributed by atoms with Crippen LogP contribution in [-0.2, 0) is 13.0 Å². The van der Waals surface area contributed by atoms with Gasteiger partial charge < -0.3 is 14.6 Å². The van der Waals surface area contributed by atoms with Crippen molar-refractivity contribution in [2.24, 2.45) is 0 Å². The largest absolute Gasteiger partial charge is 0.507 e. The fraction of sp³-hybridized carbons (Fsp3) is 0.500. The van der Waals surface area contributed by atoms with E-state index in [2.05, 4.69) is 11.8 Å². The van der Waals surface area contributed by atoms with E-state index >= 15 is 0 Å². The zero-order chi connectivity index (χ0) is 14.7. The van der Waals surface area contributed by atoms with Crippen LogP contribution in [0.4, 0.5) is 4.39 Å². The number of halogens is 1. The lowest BCUT2D eigenvalue weighted by Gasteiger charge is -2.08. The fourth-order valence-corrected chi connectivity index (χ4v) is 2.51. The maximum absolute atomic E-state index is 14.1. The van der Waals surface area contributed by atoms with Gasteiger partial charge in [-0.15, -0.1) is 0 Å². The average Bonchev–Trinajstić information content (AvgIpc) is 2.78. The van der Waals surface area contributed by atoms with Crippen LogP contribution >= 0.6 is 0 Å². The minimum atomic E-state index is -0.259. The number of nitrogens with zero attached hydrogens (tertiary/aromatic N) is 2. The van der Waals surface area contributed by atoms with E-state index in [0.717, 1.165) is 37.9 Å². The summed E-state index contributed by atoms with van der Waals surface area (Å²) in [5, 5.41) is 10.8. The third-order valence-electron chi connectivity index (χ3n) is 3.61. The van der Waals surface area contributed by atoms with Crippen molar-refractivity contribution in [3.05, 3.63) is 29.7 Å². The molecule has 0 aliphatic carbocycles. The van der Waals surface area contributed by atoms with Gasteiger partial charge >= 0.3 is 0 Å². The van der Waals surface area contributed by atoms with Crippen molar-refractivity contribution in [1.29, 1.82) is 0 Å². The second kappa shape index (κ2) is 6.27. The molecule has 1 aromatic heterocycles. The highest BCUT2D eigenvalue weighted by Gasteiger charge is 2.16. The molecule has 0 saturated carbocycles. The Morgan fingerprint density at radius 2 is 2.05 bits per heavy atom. The summed E-state index contributed by atoms with van der Waals surface area (Å²) in [6.07, 6.45) is 4.87. The van der Waals surface area contributed by atoms with E-state index in [9.17, 15) is 9.50 Å². The number of hydrogen-bond donors (Lipinski definition) is 1. The van der Waals surface area contributed by atoms with Gasteiger partial charge in [-0.3, -0.25) is 0 Å². The second-order valence-electron chi connectivity index (χ2n) is 5.54. The van der Waals surface area contributed by atoms with E-state index in [4.69, 9.17) is 0 Å². The lowest BCUT2D eigenvalue weighted by molar-refractivity contribution is 0.413. The summed E-state index contributed by atoms with van der Waals surface area (Å²) in [6, 6.07) is 2.79. The summed E-state index contributed by atoms with van der Waals surface area (Å²) in [7, 11) is 4.02. The Morgan fingerprint density at radius 3 is 2.70 bits per heavy atom. The van der Waals surface area contributed by atoms with Crippen LogP contribution in [0.1, 0.15) is 25.3 Å². The van der Waals surface area contributed by atoms with Crippen molar-refractivity contribution in [3.8, 4) is 5.75 Å². The standard InChI is InChI=1S/C16H23FN2O/c1-4-5-9-19-11-12(8-10-18(2)3)15-14(20)7-6-13(17)16(15)19/h6-7,11,20H,4-5,8-10H2,1-3H3. The normalized spacial score (nSPS) is 11.7. The molecule has 0 radical (unpaired) electrons. The first-order valence-electron chi connectivity index (χ1n) is 7.18. The summed E-state index contributed by atoms with van der Waals surface area (Å²) in [5.74, 6) is -0.0876. The molecule has 20 heavy (non-hydrogen) atoms. The number of phenols is 1. The molecule has 0 bridgehead atoms. The second-order valence-corrected chi connectivity index (χ2v) is 5.54. The highest BCUT2D eigenvalue weighted by atomic mass is 19.1. The van der Waals surface area contributed by atoms with Crippen molar-refractivity contribution in [2.75, 3.05) is 20.6 Å². The molecule has 1 aromatic carbocycles. The maximum Gasteiger partial charge on any atom is 0.147 e. The van der Waals surface area contributed by atoms with Crippen LogP contribution in [0.2, 0.25) is 0 Å². The van der Waals surface area contributed by atoms with Crippen LogP contribution in [0.15, 0.2) is 18.3 Å². The summed E-state index contributed by atoms with van der Waals surface area (Å²) >= 11 is 0. The van der Waals surface area contributed by atoms with Crippen LogP contribution in [-0.4, -0.2) is 35.2 Å². The topological polar surface area (TPSA) is 28.4 Å². The molecule has 0 spiro atoms. The number of hydrogen-bond acceptors (Lipinski definition) is 2. The van der Waals surface area contributed by atoms with Crippen molar-refractivity contribution in [1.82, 2.24) is 9.47 Å². The lowest BCUT2D eigenvalue weighted by Crippen LogP contribution is -2.14. The molecular formula is C16H23FN2O. The minimum absolute atomic E-state index is 0.172. The Balaban J connectivity index is 2.48. The van der Waals surface area contributed by atoms with Crippen molar-refractivity contribution < 1.29 is 9.50 Å². The summed E-state index contributed by atoms with van der Waals surface area (Å²) in [6.45, 7) is 3.78. The third kappa shape index (κ3) is 2.96. The Morgan fingerprint density at radius 1 is 1.30 bits per heavy atom. The first-order chi connectivity index (χ1) is 9.54. The van der Waals surface area contributed by atoms with Crippen LogP contribution in [0.3, 0.4) is 0 Å². The molecule has 0 saturated heterocycles. The Kier molecular flexibility index (Phi) is 4.65. The number of aromatic nitrogens is 1. The number of unbranched alkanes of at least 4 members (excludes halogenated alkanes) is 1. The molecular weight excluding hydrogens is 255 g/mol. The Bertz CT molecular complexity index is 590. The molecule has 3 nitrogen and oxygen atoms in total. The van der Waals surface area contributed by atoms with Gasteiger partial charge in [-0.2, -0.15) is 0 Å². The lowest BCUT2D eigenvalue weighted by atomic mass is 10.1. The zero-order valence-corrected chi connectivity index (χ0v) is 12.5. The summed E-state index contributed by atoms with van der Waals surface area (Å²) < 4.78 is 16.1. The first-order valence-corrected chi connectivity index (χ1v) is 7.18. The van der Waals surface area contributed by atoms with Gasteiger partial charge in [0.2, 0.25) is 0 Å². The van der Waals surface area contributed by atoms with E-state index < -0.39 is 0 Å². The number of rotatable bonds is 6. The van der Waals surface area contributed by atoms with Crippen molar-refractivity contribution in [3.63, 3.8) is 0 Å². The molecule has 2 rings (SSSR count). The van der Waals surface area contributed by atoms with Crippen LogP contribution in [0.5, 0.6) is 5.75 Å². The molecule has 0 aliphatic heterocycles. The number of likely N-dealkylation sites (N-methyl/N-ethyl adjacent to an activating group) is 1. The number of aryl methyl sites for hydroxylation is 1. The van der Waals surface area contributed by atoms with Gasteiger partial charge in [0.25, 0.3) is 0 Å². The molecule has 0 fully saturated rings. The number of fused-ring (bicyclic) bond motifs is 1. The van der Waals surface area contributed by atoms with E-state index in [0.29, 0.717) is 10.9 Å². The van der Waals surface area contributed by atoms with Crippen molar-refractivity contribution >= 4 is 10.9 Å². The quantitative estimate of drug-likeness (QED) is 0.877. The molecule has 0 amide bonds. The Labute approximate surface area is 119 Å². The van der Waals surface area contributed by atoms with Gasteiger partial charge in [0.1, 0.15) is 11.6 Å². The van der Waals surface area contributed by atoms with E-state index in [1.165, 1.54) is 12.1 Å². The first kappa shape index (κ1) is 14.9. The smallest absolute Gasteiger partial charge is 0.147 e. The van der Waals surface area contributed by atoms with E-state index in [1.54, 1.807) is 0 Å². The van der Waals surface area contributed by atoms with Gasteiger partial charge in [-0.25, -0.2) is 4.39 Å². The molecule has 0 unspecified atom stereocenters. The highest BCUT2D eigenvalue weighted by molar-refractivity contribution is 5.90. The van der Waals surface area contributed by atoms with Gasteiger partial charge in [0.05, 0.1) is 5.52 Å². The number of phenolic OH excluding ortho intramolecular Hbond substituents is 1. The van der Waals surface area contributed by atoms with Gasteiger partial charge in [-0.05, 0) is 44.6 Å². The fourth-order valence-electron chi connectivity index (χ4n) is 2.51. The van der Waals surface area contributed by atoms with Crippen molar-refractivity contribution in [2.45, 2.75) is 32.7 Å². The predicted molar refractivity (Wildman–Crippen MR) is 80.7 cm³/mol. The average molecular weight is 278 g/mol. The molecule has 2 aromatic rings. The van der Waals surface area contributed by atoms with E-state index in [-0.39, 0.29) is 11.6 Å². The van der Waals surface area contributed by atoms with Crippen LogP contribution in [0.25, 0.3) is 10.9 Å². The highest BCUT2D eigenvalue weighted by Crippen LogP contribution is 2.32. The SMILES string of the molecule is CCCCn1cc(CCN(C)C)c2c(O)ccc(F)c21. The summed E-state index contributed by atoms with van der Waals surface area (Å²) in [5.41, 5.74) is 1.55. The van der Waals surface area contributed by atoms with Gasteiger partial charge in [-0.1, -0.05) is 13.3 Å². The maximum atomic E-state index is 14.1. The van der Waals surface area contributed by atoms with E-state index in [1.807, 2.05) is 24.9 Å². The van der Waals surface area contributed by atoms with Crippen LogP contribution in [0, 0.1) is 5.82 Å².